The number of alkyl halides is 3. The van der Waals surface area contributed by atoms with E-state index in [0.29, 0.717) is 29.1 Å². The van der Waals surface area contributed by atoms with Crippen molar-refractivity contribution in [3.63, 3.8) is 0 Å². The first-order chi connectivity index (χ1) is 16.2. The molecule has 0 radical (unpaired) electrons. The van der Waals surface area contributed by atoms with Crippen molar-refractivity contribution in [1.82, 2.24) is 24.6 Å². The Labute approximate surface area is 197 Å². The highest BCUT2D eigenvalue weighted by atomic mass is 32.2. The molecule has 0 fully saturated rings. The molecule has 0 saturated carbocycles. The van der Waals surface area contributed by atoms with Gasteiger partial charge in [-0.05, 0) is 61.7 Å². The molecular formula is C23H21F3N6OS. The second kappa shape index (κ2) is 9.80. The van der Waals surface area contributed by atoms with Crippen molar-refractivity contribution in [3.05, 3.63) is 77.1 Å². The summed E-state index contributed by atoms with van der Waals surface area (Å²) in [7, 11) is 0. The van der Waals surface area contributed by atoms with E-state index in [2.05, 4.69) is 25.4 Å². The van der Waals surface area contributed by atoms with E-state index in [1.165, 1.54) is 0 Å². The van der Waals surface area contributed by atoms with E-state index in [1.807, 2.05) is 42.6 Å². The van der Waals surface area contributed by atoms with Crippen molar-refractivity contribution in [3.8, 4) is 0 Å². The third-order valence-electron chi connectivity index (χ3n) is 5.17. The van der Waals surface area contributed by atoms with Gasteiger partial charge in [-0.3, -0.25) is 9.78 Å². The number of rotatable bonds is 7. The van der Waals surface area contributed by atoms with Crippen molar-refractivity contribution in [2.24, 2.45) is 0 Å². The molecule has 3 aromatic heterocycles. The lowest BCUT2D eigenvalue weighted by atomic mass is 10.1. The van der Waals surface area contributed by atoms with Crippen LogP contribution in [0.2, 0.25) is 0 Å². The van der Waals surface area contributed by atoms with Gasteiger partial charge in [0.25, 0.3) is 11.6 Å². The third kappa shape index (κ3) is 5.53. The van der Waals surface area contributed by atoms with Crippen molar-refractivity contribution >= 4 is 29.1 Å². The molecule has 0 atom stereocenters. The quantitative estimate of drug-likeness (QED) is 0.369. The number of hydrogen-bond donors (Lipinski definition) is 1. The van der Waals surface area contributed by atoms with Gasteiger partial charge in [0.05, 0.1) is 0 Å². The maximum Gasteiger partial charge on any atom is 0.453 e. The third-order valence-corrected chi connectivity index (χ3v) is 6.25. The zero-order valence-electron chi connectivity index (χ0n) is 18.4. The SMILES string of the molecule is Cc1nc2nc(C(F)(F)F)nn2c(C)c1CCC(=O)Nc1ccc(SCc2cccnc2)cc1. The molecule has 0 aliphatic rings. The Morgan fingerprint density at radius 1 is 1.12 bits per heavy atom. The summed E-state index contributed by atoms with van der Waals surface area (Å²) < 4.78 is 39.9. The molecule has 0 aliphatic carbocycles. The van der Waals surface area contributed by atoms with Crippen LogP contribution in [-0.2, 0) is 23.1 Å². The van der Waals surface area contributed by atoms with E-state index < -0.39 is 12.0 Å². The molecule has 11 heteroatoms. The number of pyridine rings is 1. The number of fused-ring (bicyclic) bond motifs is 1. The highest BCUT2D eigenvalue weighted by molar-refractivity contribution is 7.98. The Hall–Kier alpha value is -3.47. The summed E-state index contributed by atoms with van der Waals surface area (Å²) in [6, 6.07) is 11.5. The summed E-state index contributed by atoms with van der Waals surface area (Å²) >= 11 is 1.67. The Morgan fingerprint density at radius 2 is 1.88 bits per heavy atom. The van der Waals surface area contributed by atoms with Crippen LogP contribution in [0.25, 0.3) is 5.78 Å². The molecule has 4 aromatic rings. The van der Waals surface area contributed by atoms with Gasteiger partial charge < -0.3 is 5.32 Å². The molecule has 7 nitrogen and oxygen atoms in total. The van der Waals surface area contributed by atoms with Gasteiger partial charge in [-0.1, -0.05) is 6.07 Å². The summed E-state index contributed by atoms with van der Waals surface area (Å²) in [5.74, 6) is -0.756. The zero-order chi connectivity index (χ0) is 24.3. The topological polar surface area (TPSA) is 85.1 Å². The largest absolute Gasteiger partial charge is 0.453 e. The molecular weight excluding hydrogens is 465 g/mol. The summed E-state index contributed by atoms with van der Waals surface area (Å²) in [5, 5.41) is 6.39. The van der Waals surface area contributed by atoms with E-state index in [0.717, 1.165) is 20.7 Å². The number of hydrogen-bond acceptors (Lipinski definition) is 6. The summed E-state index contributed by atoms with van der Waals surface area (Å²) in [6.45, 7) is 3.33. The minimum absolute atomic E-state index is 0.114. The number of carbonyl (C=O) groups is 1. The second-order valence-corrected chi connectivity index (χ2v) is 8.68. The molecule has 1 N–H and O–H groups in total. The number of anilines is 1. The summed E-state index contributed by atoms with van der Waals surface area (Å²) in [6.07, 6.45) is -0.626. The fraction of sp³-hybridized carbons (Fsp3) is 0.261. The average molecular weight is 487 g/mol. The molecule has 0 aliphatic heterocycles. The van der Waals surface area contributed by atoms with E-state index in [4.69, 9.17) is 0 Å². The van der Waals surface area contributed by atoms with Crippen LogP contribution in [0.15, 0.2) is 53.7 Å². The summed E-state index contributed by atoms with van der Waals surface area (Å²) in [5.41, 5.74) is 3.47. The normalized spacial score (nSPS) is 11.7. The highest BCUT2D eigenvalue weighted by Crippen LogP contribution is 2.27. The van der Waals surface area contributed by atoms with Gasteiger partial charge in [0.1, 0.15) is 0 Å². The van der Waals surface area contributed by atoms with Gasteiger partial charge in [-0.2, -0.15) is 18.2 Å². The molecule has 1 amide bonds. The maximum absolute atomic E-state index is 12.9. The van der Waals surface area contributed by atoms with Crippen LogP contribution < -0.4 is 5.32 Å². The lowest BCUT2D eigenvalue weighted by Crippen LogP contribution is -2.14. The first-order valence-corrected chi connectivity index (χ1v) is 11.4. The molecule has 4 rings (SSSR count). The molecule has 34 heavy (non-hydrogen) atoms. The Balaban J connectivity index is 1.36. The smallest absolute Gasteiger partial charge is 0.326 e. The molecule has 3 heterocycles. The van der Waals surface area contributed by atoms with Gasteiger partial charge in [0.15, 0.2) is 0 Å². The number of aryl methyl sites for hydroxylation is 2. The van der Waals surface area contributed by atoms with E-state index >= 15 is 0 Å². The van der Waals surface area contributed by atoms with Crippen molar-refractivity contribution < 1.29 is 18.0 Å². The van der Waals surface area contributed by atoms with Gasteiger partial charge in [-0.25, -0.2) is 9.50 Å². The molecule has 1 aromatic carbocycles. The number of carbonyl (C=O) groups excluding carboxylic acids is 1. The van der Waals surface area contributed by atoms with Gasteiger partial charge in [0, 0.05) is 46.5 Å². The van der Waals surface area contributed by atoms with Crippen LogP contribution >= 0.6 is 11.8 Å². The summed E-state index contributed by atoms with van der Waals surface area (Å²) in [4.78, 5) is 25.2. The maximum atomic E-state index is 12.9. The molecule has 0 unspecified atom stereocenters. The van der Waals surface area contributed by atoms with Crippen LogP contribution in [0.5, 0.6) is 0 Å². The van der Waals surface area contributed by atoms with Crippen molar-refractivity contribution in [2.45, 2.75) is 43.5 Å². The average Bonchev–Trinajstić information content (AvgIpc) is 3.24. The number of halogens is 3. The number of nitrogens with zero attached hydrogens (tertiary/aromatic N) is 5. The first kappa shape index (κ1) is 23.7. The number of amides is 1. The Bertz CT molecular complexity index is 1310. The van der Waals surface area contributed by atoms with Crippen molar-refractivity contribution in [2.75, 3.05) is 5.32 Å². The fourth-order valence-electron chi connectivity index (χ4n) is 3.44. The minimum Gasteiger partial charge on any atom is -0.326 e. The minimum atomic E-state index is -4.65. The zero-order valence-corrected chi connectivity index (χ0v) is 19.2. The van der Waals surface area contributed by atoms with Crippen LogP contribution in [-0.4, -0.2) is 30.5 Å². The lowest BCUT2D eigenvalue weighted by Gasteiger charge is -2.11. The first-order valence-electron chi connectivity index (χ1n) is 10.4. The van der Waals surface area contributed by atoms with Crippen molar-refractivity contribution in [1.29, 1.82) is 0 Å². The monoisotopic (exact) mass is 486 g/mol. The number of aromatic nitrogens is 5. The van der Waals surface area contributed by atoms with Gasteiger partial charge >= 0.3 is 6.18 Å². The van der Waals surface area contributed by atoms with E-state index in [-0.39, 0.29) is 18.1 Å². The Kier molecular flexibility index (Phi) is 6.82. The van der Waals surface area contributed by atoms with Crippen LogP contribution in [0, 0.1) is 13.8 Å². The molecule has 0 bridgehead atoms. The van der Waals surface area contributed by atoms with Gasteiger partial charge in [0.2, 0.25) is 5.91 Å². The number of thioether (sulfide) groups is 1. The highest BCUT2D eigenvalue weighted by Gasteiger charge is 2.37. The van der Waals surface area contributed by atoms with Crippen LogP contribution in [0.1, 0.15) is 34.8 Å². The Morgan fingerprint density at radius 3 is 2.56 bits per heavy atom. The van der Waals surface area contributed by atoms with Gasteiger partial charge in [-0.15, -0.1) is 16.9 Å². The fourth-order valence-corrected chi connectivity index (χ4v) is 4.27. The predicted molar refractivity (Wildman–Crippen MR) is 122 cm³/mol. The van der Waals surface area contributed by atoms with E-state index in [1.54, 1.807) is 31.8 Å². The molecule has 0 saturated heterocycles. The van der Waals surface area contributed by atoms with Crippen LogP contribution in [0.3, 0.4) is 0 Å². The number of nitrogens with one attached hydrogen (secondary N) is 1. The van der Waals surface area contributed by atoms with E-state index in [9.17, 15) is 18.0 Å². The molecule has 176 valence electrons. The predicted octanol–water partition coefficient (Wildman–Crippen LogP) is 5.02. The number of benzene rings is 1. The standard InChI is InChI=1S/C23H21F3N6OS/c1-14-19(15(2)32-22(28-14)30-21(31-32)23(24,25)26)9-10-20(33)29-17-5-7-18(8-6-17)34-13-16-4-3-11-27-12-16/h3-8,11-12H,9-10,13H2,1-2H3,(H,29,33). The molecule has 0 spiro atoms. The lowest BCUT2D eigenvalue weighted by molar-refractivity contribution is -0.144. The second-order valence-electron chi connectivity index (χ2n) is 7.63. The van der Waals surface area contributed by atoms with Crippen LogP contribution in [0.4, 0.5) is 18.9 Å².